The van der Waals surface area contributed by atoms with E-state index in [2.05, 4.69) is 0 Å². The maximum atomic E-state index is 11.7. The van der Waals surface area contributed by atoms with Gasteiger partial charge in [0.2, 0.25) is 0 Å². The van der Waals surface area contributed by atoms with Gasteiger partial charge in [-0.1, -0.05) is 24.3 Å². The van der Waals surface area contributed by atoms with Gasteiger partial charge in [-0.3, -0.25) is 4.79 Å². The van der Waals surface area contributed by atoms with E-state index in [-0.39, 0.29) is 5.78 Å². The monoisotopic (exact) mass is 229 g/mol. The molecule has 0 bridgehead atoms. The second-order valence-electron chi connectivity index (χ2n) is 3.30. The molecular formula is C13H11NOS. The number of hydrogen-bond donors (Lipinski definition) is 1. The number of benzene rings is 1. The molecule has 0 unspecified atom stereocenters. The van der Waals surface area contributed by atoms with E-state index in [0.29, 0.717) is 5.69 Å². The number of thiophene rings is 1. The number of nitrogens with two attached hydrogens (primary N) is 1. The largest absolute Gasteiger partial charge is 0.398 e. The minimum Gasteiger partial charge on any atom is -0.398 e. The first-order valence-electron chi connectivity index (χ1n) is 4.88. The molecular weight excluding hydrogens is 218 g/mol. The van der Waals surface area contributed by atoms with Crippen LogP contribution in [0.1, 0.15) is 15.2 Å². The average molecular weight is 229 g/mol. The summed E-state index contributed by atoms with van der Waals surface area (Å²) in [5.41, 5.74) is 7.31. The van der Waals surface area contributed by atoms with Gasteiger partial charge in [-0.2, -0.15) is 0 Å². The topological polar surface area (TPSA) is 43.1 Å². The predicted octanol–water partition coefficient (Wildman–Crippen LogP) is 3.23. The molecule has 0 atom stereocenters. The third-order valence-corrected chi connectivity index (χ3v) is 3.06. The van der Waals surface area contributed by atoms with Crippen LogP contribution in [0.5, 0.6) is 0 Å². The van der Waals surface area contributed by atoms with Crippen molar-refractivity contribution < 1.29 is 4.79 Å². The molecule has 0 aliphatic rings. The summed E-state index contributed by atoms with van der Waals surface area (Å²) in [5, 5.41) is 1.89. The Hall–Kier alpha value is -1.87. The van der Waals surface area contributed by atoms with Gasteiger partial charge in [-0.25, -0.2) is 0 Å². The number of allylic oxidation sites excluding steroid dienone is 1. The fourth-order valence-electron chi connectivity index (χ4n) is 1.33. The summed E-state index contributed by atoms with van der Waals surface area (Å²) in [6.07, 6.45) is 3.30. The molecule has 0 fully saturated rings. The lowest BCUT2D eigenvalue weighted by atomic mass is 10.1. The molecule has 2 nitrogen and oxygen atoms in total. The summed E-state index contributed by atoms with van der Waals surface area (Å²) in [4.78, 5) is 12.4. The molecule has 2 N–H and O–H groups in total. The van der Waals surface area contributed by atoms with Crippen LogP contribution in [-0.2, 0) is 0 Å². The molecule has 0 amide bonds. The molecule has 3 heteroatoms. The molecule has 2 rings (SSSR count). The lowest BCUT2D eigenvalue weighted by Crippen LogP contribution is -1.91. The van der Waals surface area contributed by atoms with Crippen LogP contribution in [0.25, 0.3) is 6.08 Å². The Labute approximate surface area is 98.0 Å². The van der Waals surface area contributed by atoms with E-state index in [9.17, 15) is 4.79 Å². The summed E-state index contributed by atoms with van der Waals surface area (Å²) in [6.45, 7) is 0. The van der Waals surface area contributed by atoms with Crippen molar-refractivity contribution in [2.75, 3.05) is 5.73 Å². The zero-order valence-corrected chi connectivity index (χ0v) is 9.41. The summed E-state index contributed by atoms with van der Waals surface area (Å²) in [6, 6.07) is 11.1. The Balaban J connectivity index is 2.16. The standard InChI is InChI=1S/C13H11NOS/c14-11-5-2-1-4-10(11)7-8-12(15)13-6-3-9-16-13/h1-9H,14H2/b8-7+. The summed E-state index contributed by atoms with van der Waals surface area (Å²) in [7, 11) is 0. The van der Waals surface area contributed by atoms with Crippen LogP contribution < -0.4 is 5.73 Å². The Morgan fingerprint density at radius 2 is 2.00 bits per heavy atom. The Bertz CT molecular complexity index is 514. The van der Waals surface area contributed by atoms with Gasteiger partial charge in [0.05, 0.1) is 4.88 Å². The molecule has 1 aromatic heterocycles. The van der Waals surface area contributed by atoms with Gasteiger partial charge in [-0.15, -0.1) is 11.3 Å². The summed E-state index contributed by atoms with van der Waals surface area (Å²) >= 11 is 1.44. The number of carbonyl (C=O) groups is 1. The highest BCUT2D eigenvalue weighted by molar-refractivity contribution is 7.12. The molecule has 0 saturated heterocycles. The van der Waals surface area contributed by atoms with E-state index in [4.69, 9.17) is 5.73 Å². The number of ketones is 1. The van der Waals surface area contributed by atoms with Crippen LogP contribution in [0.15, 0.2) is 47.9 Å². The van der Waals surface area contributed by atoms with Crippen LogP contribution in [0.2, 0.25) is 0 Å². The minimum absolute atomic E-state index is 0.0123. The van der Waals surface area contributed by atoms with Gasteiger partial charge >= 0.3 is 0 Å². The molecule has 2 aromatic rings. The van der Waals surface area contributed by atoms with Crippen molar-refractivity contribution in [3.8, 4) is 0 Å². The van der Waals surface area contributed by atoms with E-state index in [1.165, 1.54) is 11.3 Å². The zero-order valence-electron chi connectivity index (χ0n) is 8.59. The maximum Gasteiger partial charge on any atom is 0.195 e. The minimum atomic E-state index is 0.0123. The average Bonchev–Trinajstić information content (AvgIpc) is 2.81. The Kier molecular flexibility index (Phi) is 3.17. The van der Waals surface area contributed by atoms with Gasteiger partial charge in [-0.05, 0) is 35.2 Å². The number of nitrogen functional groups attached to an aromatic ring is 1. The first-order chi connectivity index (χ1) is 7.77. The Morgan fingerprint density at radius 1 is 1.19 bits per heavy atom. The third-order valence-electron chi connectivity index (χ3n) is 2.17. The SMILES string of the molecule is Nc1ccccc1/C=C/C(=O)c1cccs1. The summed E-state index contributed by atoms with van der Waals surface area (Å²) in [5.74, 6) is 0.0123. The number of para-hydroxylation sites is 1. The van der Waals surface area contributed by atoms with E-state index in [1.807, 2.05) is 41.8 Å². The van der Waals surface area contributed by atoms with E-state index in [0.717, 1.165) is 10.4 Å². The lowest BCUT2D eigenvalue weighted by molar-refractivity contribution is 0.105. The quantitative estimate of drug-likeness (QED) is 0.499. The predicted molar refractivity (Wildman–Crippen MR) is 68.5 cm³/mol. The first kappa shape index (κ1) is 10.6. The third kappa shape index (κ3) is 2.38. The van der Waals surface area contributed by atoms with Gasteiger partial charge in [0.1, 0.15) is 0 Å². The molecule has 1 heterocycles. The fraction of sp³-hybridized carbons (Fsp3) is 0. The van der Waals surface area contributed by atoms with Gasteiger partial charge < -0.3 is 5.73 Å². The van der Waals surface area contributed by atoms with Crippen LogP contribution in [-0.4, -0.2) is 5.78 Å². The van der Waals surface area contributed by atoms with E-state index >= 15 is 0 Å². The lowest BCUT2D eigenvalue weighted by Gasteiger charge is -1.97. The molecule has 1 aromatic carbocycles. The molecule has 16 heavy (non-hydrogen) atoms. The normalized spacial score (nSPS) is 10.8. The summed E-state index contributed by atoms with van der Waals surface area (Å²) < 4.78 is 0. The van der Waals surface area contributed by atoms with Gasteiger partial charge in [0.25, 0.3) is 0 Å². The van der Waals surface area contributed by atoms with Crippen LogP contribution in [0.3, 0.4) is 0 Å². The number of rotatable bonds is 3. The molecule has 0 radical (unpaired) electrons. The van der Waals surface area contributed by atoms with Crippen LogP contribution >= 0.6 is 11.3 Å². The van der Waals surface area contributed by atoms with Crippen molar-refractivity contribution in [2.24, 2.45) is 0 Å². The Morgan fingerprint density at radius 3 is 2.69 bits per heavy atom. The molecule has 0 aliphatic carbocycles. The van der Waals surface area contributed by atoms with Crippen molar-refractivity contribution >= 4 is 28.9 Å². The zero-order chi connectivity index (χ0) is 11.4. The van der Waals surface area contributed by atoms with Crippen LogP contribution in [0, 0.1) is 0 Å². The second-order valence-corrected chi connectivity index (χ2v) is 4.25. The van der Waals surface area contributed by atoms with Crippen molar-refractivity contribution in [1.29, 1.82) is 0 Å². The van der Waals surface area contributed by atoms with Crippen molar-refractivity contribution in [1.82, 2.24) is 0 Å². The van der Waals surface area contributed by atoms with Crippen molar-refractivity contribution in [3.05, 3.63) is 58.3 Å². The first-order valence-corrected chi connectivity index (χ1v) is 5.76. The smallest absolute Gasteiger partial charge is 0.195 e. The highest BCUT2D eigenvalue weighted by atomic mass is 32.1. The maximum absolute atomic E-state index is 11.7. The van der Waals surface area contributed by atoms with E-state index < -0.39 is 0 Å². The van der Waals surface area contributed by atoms with Crippen LogP contribution in [0.4, 0.5) is 5.69 Å². The fourth-order valence-corrected chi connectivity index (χ4v) is 1.97. The molecule has 0 saturated carbocycles. The van der Waals surface area contributed by atoms with Crippen molar-refractivity contribution in [3.63, 3.8) is 0 Å². The second kappa shape index (κ2) is 4.77. The van der Waals surface area contributed by atoms with Gasteiger partial charge in [0.15, 0.2) is 5.78 Å². The van der Waals surface area contributed by atoms with E-state index in [1.54, 1.807) is 12.2 Å². The molecule has 0 aliphatic heterocycles. The molecule has 0 spiro atoms. The van der Waals surface area contributed by atoms with Crippen molar-refractivity contribution in [2.45, 2.75) is 0 Å². The highest BCUT2D eigenvalue weighted by Gasteiger charge is 2.01. The number of carbonyl (C=O) groups excluding carboxylic acids is 1. The highest BCUT2D eigenvalue weighted by Crippen LogP contribution is 2.14. The van der Waals surface area contributed by atoms with Gasteiger partial charge in [0, 0.05) is 5.69 Å². The number of anilines is 1. The number of hydrogen-bond acceptors (Lipinski definition) is 3. The molecule has 80 valence electrons.